The van der Waals surface area contributed by atoms with Crippen LogP contribution in [-0.2, 0) is 4.79 Å². The molecule has 0 aromatic heterocycles. The van der Waals surface area contributed by atoms with Gasteiger partial charge in [0.25, 0.3) is 0 Å². The van der Waals surface area contributed by atoms with Gasteiger partial charge in [0, 0.05) is 11.6 Å². The first-order valence-corrected chi connectivity index (χ1v) is 5.64. The van der Waals surface area contributed by atoms with Gasteiger partial charge in [-0.3, -0.25) is 4.79 Å². The zero-order valence-corrected chi connectivity index (χ0v) is 9.52. The summed E-state index contributed by atoms with van der Waals surface area (Å²) >= 11 is 0. The molecule has 1 rings (SSSR count). The topological polar surface area (TPSA) is 41.1 Å². The molecule has 0 aromatic rings. The highest BCUT2D eigenvalue weighted by Gasteiger charge is 2.24. The summed E-state index contributed by atoms with van der Waals surface area (Å²) in [6.45, 7) is 6.79. The minimum atomic E-state index is -0.0255. The molecule has 0 aliphatic heterocycles. The predicted molar refractivity (Wildman–Crippen MR) is 58.2 cm³/mol. The lowest BCUT2D eigenvalue weighted by molar-refractivity contribution is -0.122. The van der Waals surface area contributed by atoms with Crippen molar-refractivity contribution in [2.24, 2.45) is 0 Å². The van der Waals surface area contributed by atoms with E-state index in [0.717, 1.165) is 12.8 Å². The first-order chi connectivity index (χ1) is 6.59. The van der Waals surface area contributed by atoms with Gasteiger partial charge in [0.2, 0.25) is 5.91 Å². The van der Waals surface area contributed by atoms with Crippen molar-refractivity contribution in [2.75, 3.05) is 6.54 Å². The molecule has 0 atom stereocenters. The molecular weight excluding hydrogens is 176 g/mol. The van der Waals surface area contributed by atoms with Crippen LogP contribution in [-0.4, -0.2) is 24.0 Å². The molecule has 1 aliphatic rings. The van der Waals surface area contributed by atoms with Crippen molar-refractivity contribution in [3.8, 4) is 0 Å². The van der Waals surface area contributed by atoms with E-state index in [-0.39, 0.29) is 11.4 Å². The fourth-order valence-electron chi connectivity index (χ4n) is 1.33. The number of nitrogens with one attached hydrogen (secondary N) is 2. The zero-order valence-electron chi connectivity index (χ0n) is 9.52. The van der Waals surface area contributed by atoms with Crippen molar-refractivity contribution in [2.45, 2.75) is 58.0 Å². The maximum Gasteiger partial charge on any atom is 0.234 e. The fourth-order valence-corrected chi connectivity index (χ4v) is 1.33. The highest BCUT2D eigenvalue weighted by atomic mass is 16.2. The molecule has 1 amide bonds. The lowest BCUT2D eigenvalue weighted by Gasteiger charge is -2.28. The lowest BCUT2D eigenvalue weighted by atomic mass is 9.95. The number of hydrogen-bond acceptors (Lipinski definition) is 2. The van der Waals surface area contributed by atoms with Crippen molar-refractivity contribution >= 4 is 5.91 Å². The van der Waals surface area contributed by atoms with Gasteiger partial charge in [-0.25, -0.2) is 0 Å². The SMILES string of the molecule is CCC(C)(CC)NC(=O)CNC1CC1. The second-order valence-corrected chi connectivity index (χ2v) is 4.47. The molecule has 0 unspecified atom stereocenters. The van der Waals surface area contributed by atoms with Crippen LogP contribution in [0.4, 0.5) is 0 Å². The van der Waals surface area contributed by atoms with Crippen LogP contribution in [0.2, 0.25) is 0 Å². The summed E-state index contributed by atoms with van der Waals surface area (Å²) in [7, 11) is 0. The quantitative estimate of drug-likeness (QED) is 0.678. The average Bonchev–Trinajstić information content (AvgIpc) is 2.98. The van der Waals surface area contributed by atoms with Crippen LogP contribution in [0, 0.1) is 0 Å². The van der Waals surface area contributed by atoms with Crippen LogP contribution in [0.5, 0.6) is 0 Å². The molecule has 3 nitrogen and oxygen atoms in total. The number of carbonyl (C=O) groups excluding carboxylic acids is 1. The summed E-state index contributed by atoms with van der Waals surface area (Å²) in [5.74, 6) is 0.128. The Balaban J connectivity index is 2.22. The van der Waals surface area contributed by atoms with E-state index in [1.807, 2.05) is 0 Å². The van der Waals surface area contributed by atoms with Crippen molar-refractivity contribution in [1.82, 2.24) is 10.6 Å². The van der Waals surface area contributed by atoms with Crippen LogP contribution in [0.25, 0.3) is 0 Å². The van der Waals surface area contributed by atoms with E-state index in [1.54, 1.807) is 0 Å². The highest BCUT2D eigenvalue weighted by molar-refractivity contribution is 5.78. The Kier molecular flexibility index (Phi) is 3.93. The maximum atomic E-state index is 11.5. The molecule has 3 heteroatoms. The molecule has 82 valence electrons. The molecule has 1 aliphatic carbocycles. The van der Waals surface area contributed by atoms with E-state index in [4.69, 9.17) is 0 Å². The summed E-state index contributed by atoms with van der Waals surface area (Å²) in [4.78, 5) is 11.5. The first-order valence-electron chi connectivity index (χ1n) is 5.64. The Bertz CT molecular complexity index is 195. The van der Waals surface area contributed by atoms with Gasteiger partial charge in [0.1, 0.15) is 0 Å². The highest BCUT2D eigenvalue weighted by Crippen LogP contribution is 2.18. The van der Waals surface area contributed by atoms with Gasteiger partial charge in [-0.05, 0) is 32.6 Å². The molecule has 0 aromatic carbocycles. The van der Waals surface area contributed by atoms with Gasteiger partial charge in [0.05, 0.1) is 6.54 Å². The van der Waals surface area contributed by atoms with Gasteiger partial charge in [-0.1, -0.05) is 13.8 Å². The van der Waals surface area contributed by atoms with Gasteiger partial charge in [0.15, 0.2) is 0 Å². The fraction of sp³-hybridized carbons (Fsp3) is 0.909. The molecule has 0 heterocycles. The molecular formula is C11H22N2O. The number of amides is 1. The summed E-state index contributed by atoms with van der Waals surface area (Å²) in [5.41, 5.74) is -0.0255. The van der Waals surface area contributed by atoms with E-state index < -0.39 is 0 Å². The van der Waals surface area contributed by atoms with E-state index in [1.165, 1.54) is 12.8 Å². The molecule has 1 fully saturated rings. The molecule has 0 spiro atoms. The normalized spacial score (nSPS) is 16.8. The molecule has 0 saturated heterocycles. The largest absolute Gasteiger partial charge is 0.350 e. The van der Waals surface area contributed by atoms with Gasteiger partial charge in [-0.15, -0.1) is 0 Å². The summed E-state index contributed by atoms with van der Waals surface area (Å²) < 4.78 is 0. The van der Waals surface area contributed by atoms with Crippen LogP contribution in [0.1, 0.15) is 46.5 Å². The average molecular weight is 198 g/mol. The van der Waals surface area contributed by atoms with E-state index in [2.05, 4.69) is 31.4 Å². The first kappa shape index (κ1) is 11.5. The second kappa shape index (κ2) is 4.78. The third kappa shape index (κ3) is 3.66. The lowest BCUT2D eigenvalue weighted by Crippen LogP contribution is -2.48. The van der Waals surface area contributed by atoms with E-state index in [9.17, 15) is 4.79 Å². The zero-order chi connectivity index (χ0) is 10.6. The van der Waals surface area contributed by atoms with E-state index in [0.29, 0.717) is 12.6 Å². The van der Waals surface area contributed by atoms with Gasteiger partial charge >= 0.3 is 0 Å². The Hall–Kier alpha value is -0.570. The second-order valence-electron chi connectivity index (χ2n) is 4.47. The standard InChI is InChI=1S/C11H22N2O/c1-4-11(3,5-2)13-10(14)8-12-9-6-7-9/h9,12H,4-8H2,1-3H3,(H,13,14). The Morgan fingerprint density at radius 2 is 1.93 bits per heavy atom. The van der Waals surface area contributed by atoms with Crippen molar-refractivity contribution in [1.29, 1.82) is 0 Å². The minimum absolute atomic E-state index is 0.0255. The molecule has 2 N–H and O–H groups in total. The third-order valence-corrected chi connectivity index (χ3v) is 3.13. The molecule has 14 heavy (non-hydrogen) atoms. The van der Waals surface area contributed by atoms with Crippen molar-refractivity contribution in [3.05, 3.63) is 0 Å². The molecule has 1 saturated carbocycles. The van der Waals surface area contributed by atoms with Crippen molar-refractivity contribution in [3.63, 3.8) is 0 Å². The minimum Gasteiger partial charge on any atom is -0.350 e. The third-order valence-electron chi connectivity index (χ3n) is 3.13. The Labute approximate surface area is 86.6 Å². The number of rotatable bonds is 6. The van der Waals surface area contributed by atoms with Gasteiger partial charge < -0.3 is 10.6 Å². The van der Waals surface area contributed by atoms with E-state index >= 15 is 0 Å². The number of hydrogen-bond donors (Lipinski definition) is 2. The summed E-state index contributed by atoms with van der Waals surface area (Å²) in [5, 5.41) is 6.29. The summed E-state index contributed by atoms with van der Waals surface area (Å²) in [6.07, 6.45) is 4.43. The Morgan fingerprint density at radius 1 is 1.36 bits per heavy atom. The van der Waals surface area contributed by atoms with Crippen LogP contribution >= 0.6 is 0 Å². The van der Waals surface area contributed by atoms with Crippen molar-refractivity contribution < 1.29 is 4.79 Å². The smallest absolute Gasteiger partial charge is 0.234 e. The van der Waals surface area contributed by atoms with Crippen LogP contribution in [0.3, 0.4) is 0 Å². The predicted octanol–water partition coefficient (Wildman–Crippen LogP) is 1.43. The van der Waals surface area contributed by atoms with Crippen LogP contribution < -0.4 is 10.6 Å². The van der Waals surface area contributed by atoms with Gasteiger partial charge in [-0.2, -0.15) is 0 Å². The molecule has 0 bridgehead atoms. The Morgan fingerprint density at radius 3 is 2.36 bits per heavy atom. The maximum absolute atomic E-state index is 11.5. The monoisotopic (exact) mass is 198 g/mol. The summed E-state index contributed by atoms with van der Waals surface area (Å²) in [6, 6.07) is 0.607. The molecule has 0 radical (unpaired) electrons. The number of carbonyl (C=O) groups is 1. The van der Waals surface area contributed by atoms with Crippen LogP contribution in [0.15, 0.2) is 0 Å².